The van der Waals surface area contributed by atoms with Gasteiger partial charge in [0.05, 0.1) is 6.61 Å². The largest absolute Gasteiger partial charge is 0.377 e. The summed E-state index contributed by atoms with van der Waals surface area (Å²) in [6.45, 7) is 5.15. The predicted molar refractivity (Wildman–Crippen MR) is 107 cm³/mol. The van der Waals surface area contributed by atoms with Crippen LogP contribution in [0.25, 0.3) is 11.1 Å². The highest BCUT2D eigenvalue weighted by Gasteiger charge is 2.23. The van der Waals surface area contributed by atoms with Gasteiger partial charge in [0.1, 0.15) is 5.82 Å². The molecule has 0 N–H and O–H groups in total. The minimum absolute atomic E-state index is 0.169. The molecule has 0 unspecified atom stereocenters. The van der Waals surface area contributed by atoms with Crippen molar-refractivity contribution in [3.05, 3.63) is 59.4 Å². The fourth-order valence-electron chi connectivity index (χ4n) is 4.33. The summed E-state index contributed by atoms with van der Waals surface area (Å²) in [5.74, 6) is 1.33. The molecule has 26 heavy (non-hydrogen) atoms. The van der Waals surface area contributed by atoms with Crippen LogP contribution in [-0.4, -0.2) is 6.61 Å². The third-order valence-corrected chi connectivity index (χ3v) is 5.77. The van der Waals surface area contributed by atoms with Gasteiger partial charge in [0, 0.05) is 12.2 Å². The average Bonchev–Trinajstić information content (AvgIpc) is 2.68. The minimum Gasteiger partial charge on any atom is -0.377 e. The third-order valence-electron chi connectivity index (χ3n) is 5.77. The number of ether oxygens (including phenoxy) is 1. The van der Waals surface area contributed by atoms with Crippen LogP contribution in [0.2, 0.25) is 0 Å². The zero-order valence-corrected chi connectivity index (χ0v) is 16.1. The van der Waals surface area contributed by atoms with Crippen LogP contribution in [0.1, 0.15) is 69.4 Å². The van der Waals surface area contributed by atoms with Gasteiger partial charge in [-0.1, -0.05) is 56.2 Å². The molecule has 0 aromatic heterocycles. The number of halogens is 1. The molecule has 2 aromatic carbocycles. The maximum Gasteiger partial charge on any atom is 0.129 e. The van der Waals surface area contributed by atoms with E-state index in [9.17, 15) is 4.39 Å². The molecule has 2 heteroatoms. The Balaban J connectivity index is 1.80. The second-order valence-electron chi connectivity index (χ2n) is 7.54. The third kappa shape index (κ3) is 4.54. The lowest BCUT2D eigenvalue weighted by Crippen LogP contribution is -2.13. The Morgan fingerprint density at radius 1 is 1.00 bits per heavy atom. The Morgan fingerprint density at radius 3 is 2.46 bits per heavy atom. The molecular formula is C24H31FO. The van der Waals surface area contributed by atoms with Crippen LogP contribution < -0.4 is 0 Å². The first-order chi connectivity index (χ1) is 12.7. The van der Waals surface area contributed by atoms with E-state index in [0.717, 1.165) is 11.5 Å². The van der Waals surface area contributed by atoms with E-state index in [4.69, 9.17) is 4.74 Å². The van der Waals surface area contributed by atoms with Gasteiger partial charge in [-0.15, -0.1) is 0 Å². The number of rotatable bonds is 7. The molecule has 2 aromatic rings. The molecule has 0 aliphatic heterocycles. The topological polar surface area (TPSA) is 9.23 Å². The van der Waals surface area contributed by atoms with Crippen molar-refractivity contribution >= 4 is 0 Å². The summed E-state index contributed by atoms with van der Waals surface area (Å²) in [4.78, 5) is 0. The normalized spacial score (nSPS) is 20.3. The fourth-order valence-corrected chi connectivity index (χ4v) is 4.33. The molecule has 0 atom stereocenters. The van der Waals surface area contributed by atoms with Crippen molar-refractivity contribution in [1.82, 2.24) is 0 Å². The van der Waals surface area contributed by atoms with Gasteiger partial charge in [0.25, 0.3) is 0 Å². The maximum absolute atomic E-state index is 14.5. The number of hydrogen-bond acceptors (Lipinski definition) is 1. The molecule has 0 spiro atoms. The van der Waals surface area contributed by atoms with Crippen LogP contribution in [-0.2, 0) is 11.3 Å². The maximum atomic E-state index is 14.5. The van der Waals surface area contributed by atoms with Crippen molar-refractivity contribution in [2.24, 2.45) is 5.92 Å². The zero-order valence-electron chi connectivity index (χ0n) is 16.1. The molecule has 140 valence electrons. The second-order valence-corrected chi connectivity index (χ2v) is 7.54. The van der Waals surface area contributed by atoms with Crippen LogP contribution in [0.4, 0.5) is 4.39 Å². The summed E-state index contributed by atoms with van der Waals surface area (Å²) in [5.41, 5.74) is 4.19. The van der Waals surface area contributed by atoms with E-state index in [2.05, 4.69) is 31.2 Å². The van der Waals surface area contributed by atoms with E-state index in [0.29, 0.717) is 24.7 Å². The van der Waals surface area contributed by atoms with Gasteiger partial charge in [0.2, 0.25) is 0 Å². The van der Waals surface area contributed by atoms with E-state index in [-0.39, 0.29) is 5.82 Å². The molecule has 0 radical (unpaired) electrons. The summed E-state index contributed by atoms with van der Waals surface area (Å²) < 4.78 is 19.8. The molecule has 0 amide bonds. The molecule has 1 fully saturated rings. The highest BCUT2D eigenvalue weighted by molar-refractivity contribution is 5.68. The molecule has 1 aliphatic rings. The summed E-state index contributed by atoms with van der Waals surface area (Å²) in [5, 5.41) is 0. The lowest BCUT2D eigenvalue weighted by molar-refractivity contribution is 0.131. The SMILES string of the molecule is CCC[C@H]1CC[C@H](c2ccccc2-c2ccc(COCC)c(F)c2)CC1. The minimum atomic E-state index is -0.169. The van der Waals surface area contributed by atoms with E-state index in [1.54, 1.807) is 6.07 Å². The Labute approximate surface area is 157 Å². The van der Waals surface area contributed by atoms with Gasteiger partial charge < -0.3 is 4.74 Å². The average molecular weight is 355 g/mol. The summed E-state index contributed by atoms with van der Waals surface area (Å²) in [7, 11) is 0. The van der Waals surface area contributed by atoms with Crippen LogP contribution in [0.5, 0.6) is 0 Å². The number of hydrogen-bond donors (Lipinski definition) is 0. The van der Waals surface area contributed by atoms with Gasteiger partial charge in [-0.25, -0.2) is 4.39 Å². The van der Waals surface area contributed by atoms with Crippen molar-refractivity contribution in [3.8, 4) is 11.1 Å². The first kappa shape index (κ1) is 19.1. The standard InChI is InChI=1S/C24H31FO/c1-3-7-18-10-12-19(13-11-18)22-8-5-6-9-23(22)20-14-15-21(17-26-4-2)24(25)16-20/h5-6,8-9,14-16,18-19H,3-4,7,10-13,17H2,1-2H3/t18-,19-. The van der Waals surface area contributed by atoms with Crippen molar-refractivity contribution in [3.63, 3.8) is 0 Å². The molecule has 1 nitrogen and oxygen atoms in total. The first-order valence-corrected chi connectivity index (χ1v) is 10.2. The van der Waals surface area contributed by atoms with Crippen LogP contribution in [0, 0.1) is 11.7 Å². The monoisotopic (exact) mass is 354 g/mol. The molecule has 0 heterocycles. The van der Waals surface area contributed by atoms with E-state index in [1.807, 2.05) is 19.1 Å². The Kier molecular flexibility index (Phi) is 6.85. The molecule has 1 saturated carbocycles. The van der Waals surface area contributed by atoms with Gasteiger partial charge in [-0.05, 0) is 67.2 Å². The lowest BCUT2D eigenvalue weighted by atomic mass is 9.75. The summed E-state index contributed by atoms with van der Waals surface area (Å²) in [6.07, 6.45) is 7.82. The van der Waals surface area contributed by atoms with Crippen LogP contribution in [0.3, 0.4) is 0 Å². The molecule has 0 bridgehead atoms. The van der Waals surface area contributed by atoms with E-state index < -0.39 is 0 Å². The van der Waals surface area contributed by atoms with Gasteiger partial charge in [-0.3, -0.25) is 0 Å². The Hall–Kier alpha value is -1.67. The number of benzene rings is 2. The zero-order chi connectivity index (χ0) is 18.4. The van der Waals surface area contributed by atoms with Crippen molar-refractivity contribution in [2.75, 3.05) is 6.61 Å². The summed E-state index contributed by atoms with van der Waals surface area (Å²) in [6, 6.07) is 14.2. The van der Waals surface area contributed by atoms with Crippen LogP contribution >= 0.6 is 0 Å². The Bertz CT molecular complexity index is 701. The van der Waals surface area contributed by atoms with Crippen molar-refractivity contribution in [2.45, 2.75) is 64.9 Å². The highest BCUT2D eigenvalue weighted by atomic mass is 19.1. The van der Waals surface area contributed by atoms with E-state index in [1.165, 1.54) is 49.7 Å². The second kappa shape index (κ2) is 9.32. The first-order valence-electron chi connectivity index (χ1n) is 10.2. The highest BCUT2D eigenvalue weighted by Crippen LogP contribution is 2.41. The molecular weight excluding hydrogens is 323 g/mol. The summed E-state index contributed by atoms with van der Waals surface area (Å²) >= 11 is 0. The molecule has 3 rings (SSSR count). The fraction of sp³-hybridized carbons (Fsp3) is 0.500. The van der Waals surface area contributed by atoms with Crippen molar-refractivity contribution < 1.29 is 9.13 Å². The van der Waals surface area contributed by atoms with Gasteiger partial charge in [-0.2, -0.15) is 0 Å². The van der Waals surface area contributed by atoms with Crippen molar-refractivity contribution in [1.29, 1.82) is 0 Å². The predicted octanol–water partition coefficient (Wildman–Crippen LogP) is 7.10. The quantitative estimate of drug-likeness (QED) is 0.515. The van der Waals surface area contributed by atoms with Crippen LogP contribution in [0.15, 0.2) is 42.5 Å². The Morgan fingerprint density at radius 2 is 1.77 bits per heavy atom. The van der Waals surface area contributed by atoms with Gasteiger partial charge in [0.15, 0.2) is 0 Å². The van der Waals surface area contributed by atoms with E-state index >= 15 is 0 Å². The van der Waals surface area contributed by atoms with Gasteiger partial charge >= 0.3 is 0 Å². The molecule has 1 aliphatic carbocycles. The smallest absolute Gasteiger partial charge is 0.129 e. The lowest BCUT2D eigenvalue weighted by Gasteiger charge is -2.30. The molecule has 0 saturated heterocycles.